The van der Waals surface area contributed by atoms with Crippen molar-refractivity contribution in [2.24, 2.45) is 0 Å². The smallest absolute Gasteiger partial charge is 0.324 e. The Balaban J connectivity index is 2.75. The van der Waals surface area contributed by atoms with Crippen molar-refractivity contribution >= 4 is 16.3 Å². The van der Waals surface area contributed by atoms with Crippen molar-refractivity contribution < 1.29 is 10.0 Å². The lowest BCUT2D eigenvalue weighted by molar-refractivity contribution is -0.380. The zero-order valence-electron chi connectivity index (χ0n) is 7.48. The lowest BCUT2D eigenvalue weighted by Gasteiger charge is -2.14. The topological polar surface area (TPSA) is 63.4 Å². The van der Waals surface area contributed by atoms with E-state index in [1.165, 1.54) is 6.07 Å². The molecular formula is C8H11NO3S. The van der Waals surface area contributed by atoms with Crippen LogP contribution in [-0.4, -0.2) is 15.6 Å². The van der Waals surface area contributed by atoms with Gasteiger partial charge in [-0.1, -0.05) is 11.3 Å². The highest BCUT2D eigenvalue weighted by atomic mass is 32.1. The van der Waals surface area contributed by atoms with Gasteiger partial charge in [0, 0.05) is 17.4 Å². The third-order valence-electron chi connectivity index (χ3n) is 1.43. The van der Waals surface area contributed by atoms with E-state index in [2.05, 4.69) is 0 Å². The van der Waals surface area contributed by atoms with E-state index < -0.39 is 10.5 Å². The normalized spacial score (nSPS) is 11.6. The number of nitro groups is 1. The zero-order valence-corrected chi connectivity index (χ0v) is 8.30. The van der Waals surface area contributed by atoms with Crippen molar-refractivity contribution in [2.45, 2.75) is 25.9 Å². The molecule has 0 aromatic carbocycles. The molecular weight excluding hydrogens is 190 g/mol. The summed E-state index contributed by atoms with van der Waals surface area (Å²) in [4.78, 5) is 10.7. The summed E-state index contributed by atoms with van der Waals surface area (Å²) in [7, 11) is 0. The molecule has 0 unspecified atom stereocenters. The van der Waals surface area contributed by atoms with E-state index in [0.29, 0.717) is 6.42 Å². The van der Waals surface area contributed by atoms with Gasteiger partial charge in [0.25, 0.3) is 0 Å². The van der Waals surface area contributed by atoms with Crippen LogP contribution in [0.3, 0.4) is 0 Å². The van der Waals surface area contributed by atoms with E-state index in [-0.39, 0.29) is 5.00 Å². The van der Waals surface area contributed by atoms with Crippen LogP contribution in [0.2, 0.25) is 0 Å². The van der Waals surface area contributed by atoms with Crippen molar-refractivity contribution in [3.8, 4) is 0 Å². The number of rotatable bonds is 3. The van der Waals surface area contributed by atoms with Gasteiger partial charge in [0.05, 0.1) is 10.5 Å². The van der Waals surface area contributed by atoms with Crippen molar-refractivity contribution in [1.82, 2.24) is 0 Å². The second kappa shape index (κ2) is 3.43. The largest absolute Gasteiger partial charge is 0.390 e. The molecule has 1 N–H and O–H groups in total. The van der Waals surface area contributed by atoms with Gasteiger partial charge < -0.3 is 5.11 Å². The van der Waals surface area contributed by atoms with Gasteiger partial charge in [-0.3, -0.25) is 10.1 Å². The molecule has 0 amide bonds. The molecule has 72 valence electrons. The molecule has 0 radical (unpaired) electrons. The summed E-state index contributed by atoms with van der Waals surface area (Å²) in [6.45, 7) is 3.36. The maximum Gasteiger partial charge on any atom is 0.324 e. The summed E-state index contributed by atoms with van der Waals surface area (Å²) in [5, 5.41) is 19.9. The molecule has 4 nitrogen and oxygen atoms in total. The van der Waals surface area contributed by atoms with Crippen LogP contribution in [0, 0.1) is 10.1 Å². The lowest BCUT2D eigenvalue weighted by Crippen LogP contribution is -2.20. The molecule has 0 atom stereocenters. The molecule has 0 aliphatic rings. The zero-order chi connectivity index (χ0) is 10.1. The summed E-state index contributed by atoms with van der Waals surface area (Å²) in [6.07, 6.45) is 0.450. The highest BCUT2D eigenvalue weighted by molar-refractivity contribution is 7.15. The molecule has 0 aliphatic carbocycles. The summed E-state index contributed by atoms with van der Waals surface area (Å²) in [6, 6.07) is 3.15. The third kappa shape index (κ3) is 3.12. The molecule has 13 heavy (non-hydrogen) atoms. The van der Waals surface area contributed by atoms with Gasteiger partial charge in [0.2, 0.25) is 0 Å². The van der Waals surface area contributed by atoms with Gasteiger partial charge in [0.1, 0.15) is 0 Å². The van der Waals surface area contributed by atoms with E-state index in [1.807, 2.05) is 0 Å². The Morgan fingerprint density at radius 3 is 2.62 bits per heavy atom. The Morgan fingerprint density at radius 2 is 2.23 bits per heavy atom. The van der Waals surface area contributed by atoms with E-state index in [9.17, 15) is 15.2 Å². The third-order valence-corrected chi connectivity index (χ3v) is 2.47. The van der Waals surface area contributed by atoms with E-state index >= 15 is 0 Å². The second-order valence-corrected chi connectivity index (χ2v) is 4.63. The first-order valence-corrected chi connectivity index (χ1v) is 4.65. The molecule has 1 aromatic heterocycles. The quantitative estimate of drug-likeness (QED) is 0.600. The van der Waals surface area contributed by atoms with Crippen LogP contribution in [0.25, 0.3) is 0 Å². The van der Waals surface area contributed by atoms with Gasteiger partial charge >= 0.3 is 5.00 Å². The maximum atomic E-state index is 10.3. The summed E-state index contributed by atoms with van der Waals surface area (Å²) in [5.74, 6) is 0. The number of aliphatic hydroxyl groups is 1. The molecule has 1 rings (SSSR count). The minimum atomic E-state index is -0.807. The van der Waals surface area contributed by atoms with Crippen molar-refractivity contribution in [2.75, 3.05) is 0 Å². The molecule has 5 heteroatoms. The van der Waals surface area contributed by atoms with Gasteiger partial charge in [-0.2, -0.15) is 0 Å². The molecule has 0 fully saturated rings. The van der Waals surface area contributed by atoms with Crippen LogP contribution in [0.15, 0.2) is 12.1 Å². The van der Waals surface area contributed by atoms with Crippen LogP contribution in [0.5, 0.6) is 0 Å². The molecule has 0 bridgehead atoms. The first kappa shape index (κ1) is 10.1. The SMILES string of the molecule is CC(C)(O)Cc1ccc([N+](=O)[O-])s1. The van der Waals surface area contributed by atoms with Crippen molar-refractivity contribution in [3.05, 3.63) is 27.1 Å². The molecule has 0 saturated heterocycles. The number of nitrogens with zero attached hydrogens (tertiary/aromatic N) is 1. The highest BCUT2D eigenvalue weighted by Gasteiger charge is 2.17. The Kier molecular flexibility index (Phi) is 2.68. The number of thiophene rings is 1. The Bertz CT molecular complexity index is 313. The molecule has 1 aromatic rings. The van der Waals surface area contributed by atoms with Gasteiger partial charge in [-0.25, -0.2) is 0 Å². The Hall–Kier alpha value is -0.940. The lowest BCUT2D eigenvalue weighted by atomic mass is 10.1. The fourth-order valence-corrected chi connectivity index (χ4v) is 2.03. The number of hydrogen-bond acceptors (Lipinski definition) is 4. The molecule has 0 saturated carbocycles. The minimum absolute atomic E-state index is 0.124. The van der Waals surface area contributed by atoms with Gasteiger partial charge in [0.15, 0.2) is 0 Å². The van der Waals surface area contributed by atoms with Crippen LogP contribution >= 0.6 is 11.3 Å². The van der Waals surface area contributed by atoms with Gasteiger partial charge in [-0.05, 0) is 19.9 Å². The van der Waals surface area contributed by atoms with E-state index in [1.54, 1.807) is 19.9 Å². The minimum Gasteiger partial charge on any atom is -0.390 e. The maximum absolute atomic E-state index is 10.3. The summed E-state index contributed by atoms with van der Waals surface area (Å²) in [5.41, 5.74) is -0.807. The summed E-state index contributed by atoms with van der Waals surface area (Å²) >= 11 is 1.11. The predicted octanol–water partition coefficient (Wildman–Crippen LogP) is 1.97. The van der Waals surface area contributed by atoms with Crippen LogP contribution in [0.4, 0.5) is 5.00 Å². The Labute approximate surface area is 80.0 Å². The van der Waals surface area contributed by atoms with E-state index in [0.717, 1.165) is 16.2 Å². The number of hydrogen-bond donors (Lipinski definition) is 1. The average Bonchev–Trinajstić information content (AvgIpc) is 2.31. The Morgan fingerprint density at radius 1 is 1.62 bits per heavy atom. The average molecular weight is 201 g/mol. The van der Waals surface area contributed by atoms with Crippen molar-refractivity contribution in [1.29, 1.82) is 0 Å². The van der Waals surface area contributed by atoms with Crippen LogP contribution in [0.1, 0.15) is 18.7 Å². The predicted molar refractivity (Wildman–Crippen MR) is 51.0 cm³/mol. The second-order valence-electron chi connectivity index (χ2n) is 3.49. The highest BCUT2D eigenvalue weighted by Crippen LogP contribution is 2.26. The fourth-order valence-electron chi connectivity index (χ4n) is 0.986. The van der Waals surface area contributed by atoms with Crippen molar-refractivity contribution in [3.63, 3.8) is 0 Å². The van der Waals surface area contributed by atoms with Gasteiger partial charge in [-0.15, -0.1) is 0 Å². The monoisotopic (exact) mass is 201 g/mol. The summed E-state index contributed by atoms with van der Waals surface area (Å²) < 4.78 is 0. The van der Waals surface area contributed by atoms with Crippen LogP contribution < -0.4 is 0 Å². The van der Waals surface area contributed by atoms with E-state index in [4.69, 9.17) is 0 Å². The standard InChI is InChI=1S/C8H11NO3S/c1-8(2,10)5-6-3-4-7(13-6)9(11)12/h3-4,10H,5H2,1-2H3. The fraction of sp³-hybridized carbons (Fsp3) is 0.500. The van der Waals surface area contributed by atoms with Crippen LogP contribution in [-0.2, 0) is 6.42 Å². The first-order valence-electron chi connectivity index (χ1n) is 3.84. The molecule has 0 spiro atoms. The first-order chi connectivity index (χ1) is 5.88. The molecule has 1 heterocycles. The molecule has 0 aliphatic heterocycles.